The van der Waals surface area contributed by atoms with Crippen molar-refractivity contribution in [1.82, 2.24) is 9.61 Å². The summed E-state index contributed by atoms with van der Waals surface area (Å²) in [7, 11) is 0. The highest BCUT2D eigenvalue weighted by Crippen LogP contribution is 2.10. The van der Waals surface area contributed by atoms with Gasteiger partial charge >= 0.3 is 0 Å². The maximum atomic E-state index is 4.42. The van der Waals surface area contributed by atoms with Crippen LogP contribution in [0.3, 0.4) is 0 Å². The van der Waals surface area contributed by atoms with Crippen LogP contribution < -0.4 is 0 Å². The molecular weight excluding hydrogens is 210 g/mol. The van der Waals surface area contributed by atoms with E-state index >= 15 is 0 Å². The zero-order chi connectivity index (χ0) is 11.5. The molecule has 1 aromatic carbocycles. The van der Waals surface area contributed by atoms with Crippen LogP contribution in [0, 0.1) is 0 Å². The first-order chi connectivity index (χ1) is 8.43. The lowest BCUT2D eigenvalue weighted by atomic mass is 10.3. The van der Waals surface area contributed by atoms with Gasteiger partial charge in [-0.25, -0.2) is 4.52 Å². The molecule has 2 aromatic heterocycles. The molecule has 0 aliphatic carbocycles. The van der Waals surface area contributed by atoms with E-state index in [1.54, 1.807) is 6.20 Å². The van der Waals surface area contributed by atoms with Crippen molar-refractivity contribution in [3.8, 4) is 0 Å². The van der Waals surface area contributed by atoms with Gasteiger partial charge in [0.15, 0.2) is 0 Å². The first-order valence-electron chi connectivity index (χ1n) is 5.45. The van der Waals surface area contributed by atoms with Crippen LogP contribution in [0.2, 0.25) is 0 Å². The van der Waals surface area contributed by atoms with Gasteiger partial charge in [-0.1, -0.05) is 24.3 Å². The Kier molecular flexibility index (Phi) is 2.43. The number of fused-ring (bicyclic) bond motifs is 1. The third kappa shape index (κ3) is 1.95. The maximum Gasteiger partial charge on any atom is 0.0835 e. The Balaban J connectivity index is 2.00. The minimum atomic E-state index is 0.941. The molecule has 0 saturated heterocycles. The Hall–Kier alpha value is -2.42. The number of nitrogens with zero attached hydrogens (tertiary/aromatic N) is 3. The zero-order valence-corrected chi connectivity index (χ0v) is 9.19. The first kappa shape index (κ1) is 9.78. The highest BCUT2D eigenvalue weighted by atomic mass is 15.2. The number of aromatic nitrogens is 2. The summed E-state index contributed by atoms with van der Waals surface area (Å²) in [4.78, 5) is 4.42. The van der Waals surface area contributed by atoms with Crippen LogP contribution in [0.15, 0.2) is 65.8 Å². The van der Waals surface area contributed by atoms with E-state index in [2.05, 4.69) is 10.1 Å². The van der Waals surface area contributed by atoms with E-state index in [-0.39, 0.29) is 0 Å². The third-order valence-electron chi connectivity index (χ3n) is 2.55. The van der Waals surface area contributed by atoms with Crippen molar-refractivity contribution < 1.29 is 0 Å². The molecule has 0 saturated carbocycles. The molecular formula is C14H11N3. The first-order valence-corrected chi connectivity index (χ1v) is 5.45. The summed E-state index contributed by atoms with van der Waals surface area (Å²) in [6.45, 7) is 0. The molecule has 0 aliphatic rings. The summed E-state index contributed by atoms with van der Waals surface area (Å²) in [6, 6.07) is 17.9. The fourth-order valence-electron chi connectivity index (χ4n) is 1.72. The van der Waals surface area contributed by atoms with Gasteiger partial charge in [-0.2, -0.15) is 5.10 Å². The van der Waals surface area contributed by atoms with E-state index in [1.165, 1.54) is 0 Å². The molecule has 3 heteroatoms. The van der Waals surface area contributed by atoms with E-state index < -0.39 is 0 Å². The fourth-order valence-corrected chi connectivity index (χ4v) is 1.72. The lowest BCUT2D eigenvalue weighted by Gasteiger charge is -1.98. The van der Waals surface area contributed by atoms with Crippen molar-refractivity contribution in [2.24, 2.45) is 4.99 Å². The largest absolute Gasteiger partial charge is 0.255 e. The molecule has 3 rings (SSSR count). The molecule has 17 heavy (non-hydrogen) atoms. The fraction of sp³-hybridized carbons (Fsp3) is 0. The maximum absolute atomic E-state index is 4.42. The number of aliphatic imine (C=N–C) groups is 1. The number of pyridine rings is 1. The Morgan fingerprint density at radius 3 is 2.71 bits per heavy atom. The number of hydrogen-bond donors (Lipinski definition) is 0. The van der Waals surface area contributed by atoms with Gasteiger partial charge in [0.05, 0.1) is 29.3 Å². The van der Waals surface area contributed by atoms with Crippen LogP contribution in [0.5, 0.6) is 0 Å². The van der Waals surface area contributed by atoms with E-state index in [1.807, 2.05) is 65.3 Å². The van der Waals surface area contributed by atoms with Crippen molar-refractivity contribution in [2.75, 3.05) is 0 Å². The van der Waals surface area contributed by atoms with E-state index in [0.717, 1.165) is 16.9 Å². The van der Waals surface area contributed by atoms with Gasteiger partial charge in [-0.15, -0.1) is 0 Å². The molecule has 82 valence electrons. The Morgan fingerprint density at radius 2 is 1.82 bits per heavy atom. The predicted molar refractivity (Wildman–Crippen MR) is 68.9 cm³/mol. The number of rotatable bonds is 2. The second-order valence-corrected chi connectivity index (χ2v) is 3.71. The SMILES string of the molecule is C(=Nc1ccccc1)c1cccc2ccnn12. The van der Waals surface area contributed by atoms with Gasteiger partial charge in [-0.3, -0.25) is 4.99 Å². The molecule has 3 aromatic rings. The van der Waals surface area contributed by atoms with Gasteiger partial charge in [0.2, 0.25) is 0 Å². The highest BCUT2D eigenvalue weighted by Gasteiger charge is 1.97. The summed E-state index contributed by atoms with van der Waals surface area (Å²) >= 11 is 0. The van der Waals surface area contributed by atoms with Crippen LogP contribution in [0.4, 0.5) is 5.69 Å². The minimum Gasteiger partial charge on any atom is -0.255 e. The smallest absolute Gasteiger partial charge is 0.0835 e. The van der Waals surface area contributed by atoms with Gasteiger partial charge in [0.1, 0.15) is 0 Å². The second-order valence-electron chi connectivity index (χ2n) is 3.71. The highest BCUT2D eigenvalue weighted by molar-refractivity contribution is 5.81. The van der Waals surface area contributed by atoms with Gasteiger partial charge in [0.25, 0.3) is 0 Å². The van der Waals surface area contributed by atoms with Gasteiger partial charge in [-0.05, 0) is 30.3 Å². The van der Waals surface area contributed by atoms with E-state index in [9.17, 15) is 0 Å². The molecule has 0 amide bonds. The number of benzene rings is 1. The van der Waals surface area contributed by atoms with Crippen molar-refractivity contribution in [3.63, 3.8) is 0 Å². The second kappa shape index (κ2) is 4.22. The van der Waals surface area contributed by atoms with Crippen LogP contribution in [-0.4, -0.2) is 15.8 Å². The molecule has 0 fully saturated rings. The van der Waals surface area contributed by atoms with Crippen LogP contribution >= 0.6 is 0 Å². The zero-order valence-electron chi connectivity index (χ0n) is 9.19. The molecule has 0 bridgehead atoms. The molecule has 0 radical (unpaired) electrons. The van der Waals surface area contributed by atoms with Crippen molar-refractivity contribution in [1.29, 1.82) is 0 Å². The summed E-state index contributed by atoms with van der Waals surface area (Å²) in [6.07, 6.45) is 3.62. The molecule has 0 N–H and O–H groups in total. The molecule has 0 aliphatic heterocycles. The molecule has 0 atom stereocenters. The summed E-state index contributed by atoms with van der Waals surface area (Å²) in [5, 5.41) is 4.26. The summed E-state index contributed by atoms with van der Waals surface area (Å²) < 4.78 is 1.87. The van der Waals surface area contributed by atoms with Crippen molar-refractivity contribution in [2.45, 2.75) is 0 Å². The Labute approximate surface area is 99.1 Å². The molecule has 0 unspecified atom stereocenters. The average Bonchev–Trinajstić information content (AvgIpc) is 2.86. The lowest BCUT2D eigenvalue weighted by molar-refractivity contribution is 0.952. The lowest BCUT2D eigenvalue weighted by Crippen LogP contribution is -1.95. The van der Waals surface area contributed by atoms with Crippen LogP contribution in [0.25, 0.3) is 5.52 Å². The summed E-state index contributed by atoms with van der Waals surface area (Å²) in [5.74, 6) is 0. The number of hydrogen-bond acceptors (Lipinski definition) is 2. The van der Waals surface area contributed by atoms with E-state index in [4.69, 9.17) is 0 Å². The standard InChI is InChI=1S/C14H11N3/c1-2-5-12(6-3-1)15-11-14-8-4-7-13-9-10-16-17(13)14/h1-11H. The van der Waals surface area contributed by atoms with Gasteiger partial charge in [0, 0.05) is 0 Å². The topological polar surface area (TPSA) is 29.7 Å². The average molecular weight is 221 g/mol. The Bertz CT molecular complexity index is 653. The van der Waals surface area contributed by atoms with Gasteiger partial charge < -0.3 is 0 Å². The summed E-state index contributed by atoms with van der Waals surface area (Å²) in [5.41, 5.74) is 2.98. The third-order valence-corrected chi connectivity index (χ3v) is 2.55. The number of para-hydroxylation sites is 1. The van der Waals surface area contributed by atoms with Crippen LogP contribution in [-0.2, 0) is 0 Å². The Morgan fingerprint density at radius 1 is 0.941 bits per heavy atom. The van der Waals surface area contributed by atoms with Crippen LogP contribution in [0.1, 0.15) is 5.69 Å². The normalized spacial score (nSPS) is 11.3. The van der Waals surface area contributed by atoms with Crippen molar-refractivity contribution >= 4 is 17.4 Å². The van der Waals surface area contributed by atoms with E-state index in [0.29, 0.717) is 0 Å². The van der Waals surface area contributed by atoms with Crippen molar-refractivity contribution in [3.05, 3.63) is 66.5 Å². The molecule has 3 nitrogen and oxygen atoms in total. The predicted octanol–water partition coefficient (Wildman–Crippen LogP) is 3.08. The quantitative estimate of drug-likeness (QED) is 0.611. The molecule has 0 spiro atoms. The monoisotopic (exact) mass is 221 g/mol. The molecule has 2 heterocycles. The minimum absolute atomic E-state index is 0.941.